The van der Waals surface area contributed by atoms with Crippen LogP contribution in [-0.4, -0.2) is 23.0 Å². The van der Waals surface area contributed by atoms with E-state index in [1.54, 1.807) is 24.3 Å². The van der Waals surface area contributed by atoms with Crippen LogP contribution in [0.1, 0.15) is 43.4 Å². The molecule has 0 saturated heterocycles. The maximum Gasteiger partial charge on any atom is 0.317 e. The van der Waals surface area contributed by atoms with Crippen LogP contribution in [0.4, 0.5) is 13.6 Å². The number of pyridine rings is 1. The average Bonchev–Trinajstić information content (AvgIpc) is 2.63. The average molecular weight is 347 g/mol. The van der Waals surface area contributed by atoms with Crippen molar-refractivity contribution in [3.8, 4) is 0 Å². The highest BCUT2D eigenvalue weighted by Crippen LogP contribution is 2.24. The molecule has 0 aliphatic carbocycles. The van der Waals surface area contributed by atoms with Crippen LogP contribution in [0.2, 0.25) is 0 Å². The van der Waals surface area contributed by atoms with Gasteiger partial charge in [0.1, 0.15) is 11.6 Å². The van der Waals surface area contributed by atoms with Crippen molar-refractivity contribution in [3.05, 3.63) is 65.5 Å². The lowest BCUT2D eigenvalue weighted by Crippen LogP contribution is -2.39. The monoisotopic (exact) mass is 347 g/mol. The number of carbonyl (C=O) groups excluding carboxylic acids is 1. The molecule has 2 aromatic rings. The van der Waals surface area contributed by atoms with E-state index in [2.05, 4.69) is 17.2 Å². The Kier molecular flexibility index (Phi) is 6.86. The third-order valence-electron chi connectivity index (χ3n) is 4.13. The van der Waals surface area contributed by atoms with Gasteiger partial charge in [-0.15, -0.1) is 0 Å². The number of halogens is 2. The van der Waals surface area contributed by atoms with Crippen molar-refractivity contribution in [2.45, 2.75) is 38.8 Å². The third-order valence-corrected chi connectivity index (χ3v) is 4.13. The SMILES string of the molecule is CCCC[C@@H](c1cccnc1)N(C)C(=O)NCc1cc(F)ccc1F. The lowest BCUT2D eigenvalue weighted by Gasteiger charge is -2.28. The molecule has 1 aromatic carbocycles. The number of nitrogens with zero attached hydrogens (tertiary/aromatic N) is 2. The van der Waals surface area contributed by atoms with E-state index < -0.39 is 11.6 Å². The second-order valence-corrected chi connectivity index (χ2v) is 5.95. The molecule has 6 heteroatoms. The maximum absolute atomic E-state index is 13.7. The van der Waals surface area contributed by atoms with Gasteiger partial charge in [-0.1, -0.05) is 25.8 Å². The number of aromatic nitrogens is 1. The van der Waals surface area contributed by atoms with E-state index in [-0.39, 0.29) is 24.2 Å². The highest BCUT2D eigenvalue weighted by molar-refractivity contribution is 5.74. The number of benzene rings is 1. The number of hydrogen-bond donors (Lipinski definition) is 1. The van der Waals surface area contributed by atoms with Gasteiger partial charge in [-0.2, -0.15) is 0 Å². The molecule has 0 saturated carbocycles. The first-order valence-corrected chi connectivity index (χ1v) is 8.37. The quantitative estimate of drug-likeness (QED) is 0.805. The van der Waals surface area contributed by atoms with Gasteiger partial charge in [0.25, 0.3) is 0 Å². The molecule has 1 heterocycles. The number of rotatable bonds is 7. The first-order chi connectivity index (χ1) is 12.0. The van der Waals surface area contributed by atoms with Gasteiger partial charge in [-0.3, -0.25) is 4.98 Å². The van der Waals surface area contributed by atoms with Gasteiger partial charge in [0.15, 0.2) is 0 Å². The summed E-state index contributed by atoms with van der Waals surface area (Å²) in [4.78, 5) is 18.2. The van der Waals surface area contributed by atoms with Crippen LogP contribution < -0.4 is 5.32 Å². The summed E-state index contributed by atoms with van der Waals surface area (Å²) < 4.78 is 26.9. The van der Waals surface area contributed by atoms with Gasteiger partial charge < -0.3 is 10.2 Å². The Bertz CT molecular complexity index is 694. The molecule has 134 valence electrons. The van der Waals surface area contributed by atoms with E-state index in [0.717, 1.165) is 43.0 Å². The van der Waals surface area contributed by atoms with Crippen molar-refractivity contribution in [2.24, 2.45) is 0 Å². The van der Waals surface area contributed by atoms with Gasteiger partial charge in [0, 0.05) is 31.5 Å². The largest absolute Gasteiger partial charge is 0.334 e. The minimum Gasteiger partial charge on any atom is -0.334 e. The minimum absolute atomic E-state index is 0.0691. The summed E-state index contributed by atoms with van der Waals surface area (Å²) in [7, 11) is 1.70. The van der Waals surface area contributed by atoms with Crippen molar-refractivity contribution in [2.75, 3.05) is 7.05 Å². The second kappa shape index (κ2) is 9.11. The first-order valence-electron chi connectivity index (χ1n) is 8.37. The van der Waals surface area contributed by atoms with Crippen molar-refractivity contribution < 1.29 is 13.6 Å². The summed E-state index contributed by atoms with van der Waals surface area (Å²) in [5, 5.41) is 2.65. The summed E-state index contributed by atoms with van der Waals surface area (Å²) in [6, 6.07) is 6.51. The molecule has 25 heavy (non-hydrogen) atoms. The predicted molar refractivity (Wildman–Crippen MR) is 92.9 cm³/mol. The van der Waals surface area contributed by atoms with Gasteiger partial charge in [0.05, 0.1) is 6.04 Å². The van der Waals surface area contributed by atoms with Crippen molar-refractivity contribution in [1.29, 1.82) is 0 Å². The van der Waals surface area contributed by atoms with Crippen LogP contribution in [-0.2, 0) is 6.54 Å². The molecule has 2 rings (SSSR count). The maximum atomic E-state index is 13.7. The Morgan fingerprint density at radius 2 is 2.12 bits per heavy atom. The Morgan fingerprint density at radius 1 is 1.32 bits per heavy atom. The highest BCUT2D eigenvalue weighted by Gasteiger charge is 2.21. The third kappa shape index (κ3) is 5.24. The lowest BCUT2D eigenvalue weighted by molar-refractivity contribution is 0.185. The van der Waals surface area contributed by atoms with Crippen molar-refractivity contribution in [1.82, 2.24) is 15.2 Å². The molecule has 0 aliphatic rings. The molecule has 0 spiro atoms. The Labute approximate surface area is 146 Å². The van der Waals surface area contributed by atoms with E-state index in [4.69, 9.17) is 0 Å². The topological polar surface area (TPSA) is 45.2 Å². The zero-order chi connectivity index (χ0) is 18.2. The minimum atomic E-state index is -0.542. The van der Waals surface area contributed by atoms with Crippen molar-refractivity contribution in [3.63, 3.8) is 0 Å². The second-order valence-electron chi connectivity index (χ2n) is 5.95. The summed E-state index contributed by atoms with van der Waals surface area (Å²) in [6.07, 6.45) is 6.22. The molecule has 0 bridgehead atoms. The smallest absolute Gasteiger partial charge is 0.317 e. The van der Waals surface area contributed by atoms with E-state index >= 15 is 0 Å². The Balaban J connectivity index is 2.06. The van der Waals surface area contributed by atoms with Crippen LogP contribution in [0.5, 0.6) is 0 Å². The standard InChI is InChI=1S/C19H23F2N3O/c1-3-4-7-18(14-6-5-10-22-12-14)24(2)19(25)23-13-15-11-16(20)8-9-17(15)21/h5-6,8-12,18H,3-4,7,13H2,1-2H3,(H,23,25)/t18-/m0/s1. The summed E-state index contributed by atoms with van der Waals surface area (Å²) >= 11 is 0. The Hall–Kier alpha value is -2.50. The van der Waals surface area contributed by atoms with E-state index in [1.165, 1.54) is 0 Å². The molecular formula is C19H23F2N3O. The Morgan fingerprint density at radius 3 is 2.80 bits per heavy atom. The first kappa shape index (κ1) is 18.8. The van der Waals surface area contributed by atoms with Crippen LogP contribution in [0.25, 0.3) is 0 Å². The fraction of sp³-hybridized carbons (Fsp3) is 0.368. The van der Waals surface area contributed by atoms with Crippen LogP contribution in [0.15, 0.2) is 42.7 Å². The predicted octanol–water partition coefficient (Wildman–Crippen LogP) is 4.43. The summed E-state index contributed by atoms with van der Waals surface area (Å²) in [5.41, 5.74) is 1.07. The van der Waals surface area contributed by atoms with E-state index in [1.807, 2.05) is 12.1 Å². The van der Waals surface area contributed by atoms with E-state index in [0.29, 0.717) is 0 Å². The molecule has 2 amide bonds. The fourth-order valence-electron chi connectivity index (χ4n) is 2.67. The molecule has 1 atom stereocenters. The molecular weight excluding hydrogens is 324 g/mol. The van der Waals surface area contributed by atoms with E-state index in [9.17, 15) is 13.6 Å². The van der Waals surface area contributed by atoms with Crippen LogP contribution in [0, 0.1) is 11.6 Å². The number of urea groups is 1. The molecule has 0 radical (unpaired) electrons. The number of amides is 2. The fourth-order valence-corrected chi connectivity index (χ4v) is 2.67. The summed E-state index contributed by atoms with van der Waals surface area (Å²) in [6.45, 7) is 2.02. The number of carbonyl (C=O) groups is 1. The van der Waals surface area contributed by atoms with Gasteiger partial charge in [-0.05, 0) is 36.2 Å². The van der Waals surface area contributed by atoms with Crippen molar-refractivity contribution >= 4 is 6.03 Å². The molecule has 0 aliphatic heterocycles. The lowest BCUT2D eigenvalue weighted by atomic mass is 10.0. The van der Waals surface area contributed by atoms with Gasteiger partial charge in [-0.25, -0.2) is 13.6 Å². The van der Waals surface area contributed by atoms with Gasteiger partial charge >= 0.3 is 6.03 Å². The number of unbranched alkanes of at least 4 members (excludes halogenated alkanes) is 1. The molecule has 4 nitrogen and oxygen atoms in total. The number of hydrogen-bond acceptors (Lipinski definition) is 2. The zero-order valence-corrected chi connectivity index (χ0v) is 14.5. The highest BCUT2D eigenvalue weighted by atomic mass is 19.1. The van der Waals surface area contributed by atoms with Gasteiger partial charge in [0.2, 0.25) is 0 Å². The molecule has 1 aromatic heterocycles. The molecule has 0 unspecified atom stereocenters. The summed E-state index contributed by atoms with van der Waals surface area (Å²) in [5.74, 6) is -1.07. The normalized spacial score (nSPS) is 11.8. The molecule has 0 fully saturated rings. The van der Waals surface area contributed by atoms with Crippen LogP contribution >= 0.6 is 0 Å². The van der Waals surface area contributed by atoms with Crippen LogP contribution in [0.3, 0.4) is 0 Å². The number of nitrogens with one attached hydrogen (secondary N) is 1. The zero-order valence-electron chi connectivity index (χ0n) is 14.5. The molecule has 1 N–H and O–H groups in total.